The molecule has 0 radical (unpaired) electrons. The van der Waals surface area contributed by atoms with Crippen molar-refractivity contribution in [3.63, 3.8) is 0 Å². The molecule has 0 spiro atoms. The van der Waals surface area contributed by atoms with Crippen molar-refractivity contribution in [1.29, 1.82) is 0 Å². The number of ketones is 1. The van der Waals surface area contributed by atoms with Gasteiger partial charge in [0.2, 0.25) is 5.78 Å². The second-order valence-corrected chi connectivity index (χ2v) is 6.51. The van der Waals surface area contributed by atoms with Crippen LogP contribution in [0, 0.1) is 6.92 Å². The van der Waals surface area contributed by atoms with E-state index in [4.69, 9.17) is 4.74 Å². The molecule has 0 amide bonds. The van der Waals surface area contributed by atoms with Crippen molar-refractivity contribution in [2.75, 3.05) is 0 Å². The molecule has 2 aromatic heterocycles. The first-order valence-corrected chi connectivity index (χ1v) is 8.53. The van der Waals surface area contributed by atoms with Crippen LogP contribution in [0.1, 0.15) is 53.2 Å². The van der Waals surface area contributed by atoms with Gasteiger partial charge in [0.15, 0.2) is 11.8 Å². The van der Waals surface area contributed by atoms with Crippen molar-refractivity contribution in [1.82, 2.24) is 14.8 Å². The zero-order valence-electron chi connectivity index (χ0n) is 15.3. The van der Waals surface area contributed by atoms with E-state index in [0.29, 0.717) is 27.9 Å². The number of fused-ring (bicyclic) bond motifs is 1. The number of pyridine rings is 1. The number of hydrogen-bond donors (Lipinski definition) is 0. The summed E-state index contributed by atoms with van der Waals surface area (Å²) in [5.41, 5.74) is 2.20. The molecular formula is C20H21N3O3. The van der Waals surface area contributed by atoms with Gasteiger partial charge in [-0.05, 0) is 33.8 Å². The lowest BCUT2D eigenvalue weighted by molar-refractivity contribution is 0.0320. The van der Waals surface area contributed by atoms with E-state index in [1.54, 1.807) is 48.1 Å². The zero-order chi connectivity index (χ0) is 18.8. The Balaban J connectivity index is 1.89. The number of benzene rings is 1. The summed E-state index contributed by atoms with van der Waals surface area (Å²) in [6, 6.07) is 10.6. The van der Waals surface area contributed by atoms with Crippen molar-refractivity contribution in [2.24, 2.45) is 0 Å². The van der Waals surface area contributed by atoms with Gasteiger partial charge in [-0.2, -0.15) is 5.10 Å². The third-order valence-corrected chi connectivity index (χ3v) is 4.12. The largest absolute Gasteiger partial charge is 0.451 e. The van der Waals surface area contributed by atoms with Crippen LogP contribution in [0.5, 0.6) is 0 Å². The molecule has 6 heteroatoms. The van der Waals surface area contributed by atoms with Crippen LogP contribution in [0.15, 0.2) is 42.6 Å². The Morgan fingerprint density at radius 2 is 1.81 bits per heavy atom. The molecule has 1 atom stereocenters. The topological polar surface area (TPSA) is 74.1 Å². The first-order valence-electron chi connectivity index (χ1n) is 8.53. The summed E-state index contributed by atoms with van der Waals surface area (Å²) in [6.07, 6.45) is 0.732. The van der Waals surface area contributed by atoms with Crippen molar-refractivity contribution >= 4 is 22.8 Å². The molecule has 3 rings (SSSR count). The molecule has 0 aliphatic heterocycles. The Labute approximate surface area is 151 Å². The number of carbonyl (C=O) groups excluding carboxylic acids is 2. The lowest BCUT2D eigenvalue weighted by atomic mass is 10.1. The number of aromatic nitrogens is 3. The molecule has 0 aliphatic carbocycles. The van der Waals surface area contributed by atoms with Crippen molar-refractivity contribution in [3.8, 4) is 0 Å². The van der Waals surface area contributed by atoms with Gasteiger partial charge in [-0.15, -0.1) is 0 Å². The molecule has 0 saturated heterocycles. The highest BCUT2D eigenvalue weighted by Gasteiger charge is 2.23. The first kappa shape index (κ1) is 17.8. The summed E-state index contributed by atoms with van der Waals surface area (Å²) >= 11 is 0. The number of aryl methyl sites for hydroxylation is 1. The van der Waals surface area contributed by atoms with Crippen LogP contribution in [0.3, 0.4) is 0 Å². The summed E-state index contributed by atoms with van der Waals surface area (Å²) in [6.45, 7) is 7.38. The van der Waals surface area contributed by atoms with Crippen molar-refractivity contribution in [3.05, 3.63) is 59.4 Å². The molecule has 134 valence electrons. The van der Waals surface area contributed by atoms with Crippen LogP contribution < -0.4 is 0 Å². The van der Waals surface area contributed by atoms with Crippen LogP contribution in [0.25, 0.3) is 11.0 Å². The summed E-state index contributed by atoms with van der Waals surface area (Å²) in [5, 5.41) is 4.94. The summed E-state index contributed by atoms with van der Waals surface area (Å²) in [7, 11) is 0. The fraction of sp³-hybridized carbons (Fsp3) is 0.300. The van der Waals surface area contributed by atoms with E-state index in [1.807, 2.05) is 26.8 Å². The zero-order valence-corrected chi connectivity index (χ0v) is 15.3. The quantitative estimate of drug-likeness (QED) is 0.517. The van der Waals surface area contributed by atoms with Gasteiger partial charge in [-0.1, -0.05) is 30.3 Å². The Morgan fingerprint density at radius 1 is 1.12 bits per heavy atom. The number of Topliss-reactive ketones (excluding diaryl/α,β-unsaturated/α-hetero) is 1. The standard InChI is InChI=1S/C20H21N3O3/c1-12(2)23-19-17(11-21-23)16(10-13(3)22-19)20(25)26-14(4)18(24)15-8-6-5-7-9-15/h5-12,14H,1-4H3/t14-/m0/s1. The van der Waals surface area contributed by atoms with E-state index < -0.39 is 12.1 Å². The molecule has 0 bridgehead atoms. The lowest BCUT2D eigenvalue weighted by Crippen LogP contribution is -2.24. The average molecular weight is 351 g/mol. The molecule has 0 N–H and O–H groups in total. The molecule has 0 fully saturated rings. The number of nitrogens with zero attached hydrogens (tertiary/aromatic N) is 3. The maximum atomic E-state index is 12.7. The van der Waals surface area contributed by atoms with E-state index in [0.717, 1.165) is 0 Å². The molecule has 0 aliphatic rings. The minimum atomic E-state index is -0.881. The third kappa shape index (κ3) is 3.35. The van der Waals surface area contributed by atoms with Crippen LogP contribution in [-0.4, -0.2) is 32.6 Å². The highest BCUT2D eigenvalue weighted by molar-refractivity contribution is 6.05. The molecule has 2 heterocycles. The smallest absolute Gasteiger partial charge is 0.339 e. The maximum Gasteiger partial charge on any atom is 0.339 e. The van der Waals surface area contributed by atoms with Gasteiger partial charge >= 0.3 is 5.97 Å². The Bertz CT molecular complexity index is 961. The van der Waals surface area contributed by atoms with E-state index in [1.165, 1.54) is 0 Å². The van der Waals surface area contributed by atoms with Gasteiger partial charge < -0.3 is 4.74 Å². The highest BCUT2D eigenvalue weighted by atomic mass is 16.5. The van der Waals surface area contributed by atoms with Gasteiger partial charge in [0.25, 0.3) is 0 Å². The van der Waals surface area contributed by atoms with E-state index >= 15 is 0 Å². The van der Waals surface area contributed by atoms with Gasteiger partial charge in [0.1, 0.15) is 0 Å². The minimum absolute atomic E-state index is 0.115. The van der Waals surface area contributed by atoms with Crippen LogP contribution >= 0.6 is 0 Å². The molecule has 26 heavy (non-hydrogen) atoms. The third-order valence-electron chi connectivity index (χ3n) is 4.12. The Morgan fingerprint density at radius 3 is 2.46 bits per heavy atom. The predicted octanol–water partition coefficient (Wildman–Crippen LogP) is 3.75. The Kier molecular flexibility index (Phi) is 4.84. The normalized spacial score (nSPS) is 12.3. The number of esters is 1. The predicted molar refractivity (Wildman–Crippen MR) is 98.3 cm³/mol. The van der Waals surface area contributed by atoms with Crippen molar-refractivity contribution in [2.45, 2.75) is 39.8 Å². The second-order valence-electron chi connectivity index (χ2n) is 6.51. The number of carbonyl (C=O) groups is 2. The highest BCUT2D eigenvalue weighted by Crippen LogP contribution is 2.22. The van der Waals surface area contributed by atoms with Crippen LogP contribution in [-0.2, 0) is 4.74 Å². The summed E-state index contributed by atoms with van der Waals surface area (Å²) in [4.78, 5) is 29.6. The fourth-order valence-corrected chi connectivity index (χ4v) is 2.80. The number of ether oxygens (including phenoxy) is 1. The van der Waals surface area contributed by atoms with Crippen LogP contribution in [0.4, 0.5) is 0 Å². The SMILES string of the molecule is Cc1cc(C(=O)O[C@@H](C)C(=O)c2ccccc2)c2cnn(C(C)C)c2n1. The van der Waals surface area contributed by atoms with Gasteiger partial charge in [-0.25, -0.2) is 14.5 Å². The van der Waals surface area contributed by atoms with E-state index in [9.17, 15) is 9.59 Å². The summed E-state index contributed by atoms with van der Waals surface area (Å²) in [5.74, 6) is -0.792. The fourth-order valence-electron chi connectivity index (χ4n) is 2.80. The minimum Gasteiger partial charge on any atom is -0.451 e. The average Bonchev–Trinajstić information content (AvgIpc) is 3.04. The monoisotopic (exact) mass is 351 g/mol. The number of rotatable bonds is 5. The second kappa shape index (κ2) is 7.07. The lowest BCUT2D eigenvalue weighted by Gasteiger charge is -2.13. The summed E-state index contributed by atoms with van der Waals surface area (Å²) < 4.78 is 7.19. The van der Waals surface area contributed by atoms with Gasteiger partial charge in [0.05, 0.1) is 17.1 Å². The van der Waals surface area contributed by atoms with Crippen LogP contribution in [0.2, 0.25) is 0 Å². The van der Waals surface area contributed by atoms with Gasteiger partial charge in [0, 0.05) is 17.3 Å². The van der Waals surface area contributed by atoms with E-state index in [-0.39, 0.29) is 11.8 Å². The molecule has 6 nitrogen and oxygen atoms in total. The van der Waals surface area contributed by atoms with Gasteiger partial charge in [-0.3, -0.25) is 4.79 Å². The molecule has 0 saturated carbocycles. The first-order chi connectivity index (χ1) is 12.4. The molecular weight excluding hydrogens is 330 g/mol. The molecule has 1 aromatic carbocycles. The Hall–Kier alpha value is -3.02. The molecule has 0 unspecified atom stereocenters. The van der Waals surface area contributed by atoms with Crippen molar-refractivity contribution < 1.29 is 14.3 Å². The van der Waals surface area contributed by atoms with E-state index in [2.05, 4.69) is 10.1 Å². The number of hydrogen-bond acceptors (Lipinski definition) is 5. The maximum absolute atomic E-state index is 12.7. The molecule has 3 aromatic rings.